The van der Waals surface area contributed by atoms with E-state index < -0.39 is 24.7 Å². The molecule has 0 aromatic heterocycles. The Labute approximate surface area is 180 Å². The number of hydrogen-bond acceptors (Lipinski definition) is 7. The summed E-state index contributed by atoms with van der Waals surface area (Å²) in [6.07, 6.45) is 1.68. The molecule has 0 aliphatic heterocycles. The summed E-state index contributed by atoms with van der Waals surface area (Å²) in [5.41, 5.74) is 0.776. The topological polar surface area (TPSA) is 117 Å². The van der Waals surface area contributed by atoms with Gasteiger partial charge in [-0.3, -0.25) is 14.9 Å². The van der Waals surface area contributed by atoms with Crippen LogP contribution < -0.4 is 14.1 Å². The number of nitro groups is 1. The fraction of sp³-hybridized carbons (Fsp3) is 0.381. The van der Waals surface area contributed by atoms with Crippen LogP contribution in [0.15, 0.2) is 48.5 Å². The summed E-state index contributed by atoms with van der Waals surface area (Å²) in [4.78, 5) is 22.6. The molecule has 1 aliphatic carbocycles. The SMILES string of the molecule is CC(C)OC(=O)[C@H](C)NP(=O)(Oc1ccc([N+](=O)[O-])cc1)Oc1ccccc1C1CC1. The summed E-state index contributed by atoms with van der Waals surface area (Å²) in [6, 6.07) is 11.3. The molecule has 10 heteroatoms. The van der Waals surface area contributed by atoms with Gasteiger partial charge in [-0.1, -0.05) is 18.2 Å². The highest BCUT2D eigenvalue weighted by molar-refractivity contribution is 7.52. The van der Waals surface area contributed by atoms with Crippen LogP contribution in [0.2, 0.25) is 0 Å². The van der Waals surface area contributed by atoms with Crippen molar-refractivity contribution >= 4 is 19.4 Å². The van der Waals surface area contributed by atoms with Gasteiger partial charge >= 0.3 is 13.7 Å². The minimum atomic E-state index is -4.11. The van der Waals surface area contributed by atoms with Gasteiger partial charge in [-0.25, -0.2) is 4.57 Å². The van der Waals surface area contributed by atoms with Gasteiger partial charge in [0, 0.05) is 12.1 Å². The number of ether oxygens (including phenoxy) is 1. The van der Waals surface area contributed by atoms with Crippen molar-refractivity contribution in [3.8, 4) is 11.5 Å². The van der Waals surface area contributed by atoms with Gasteiger partial charge in [-0.2, -0.15) is 5.09 Å². The maximum atomic E-state index is 13.7. The molecule has 1 aliphatic rings. The fourth-order valence-electron chi connectivity index (χ4n) is 2.89. The van der Waals surface area contributed by atoms with Crippen molar-refractivity contribution in [1.29, 1.82) is 0 Å². The van der Waals surface area contributed by atoms with Gasteiger partial charge in [0.1, 0.15) is 17.5 Å². The van der Waals surface area contributed by atoms with Crippen LogP contribution >= 0.6 is 7.75 Å². The average Bonchev–Trinajstić information content (AvgIpc) is 3.53. The van der Waals surface area contributed by atoms with E-state index >= 15 is 0 Å². The van der Waals surface area contributed by atoms with Gasteiger partial charge in [0.25, 0.3) is 5.69 Å². The number of carbonyl (C=O) groups is 1. The highest BCUT2D eigenvalue weighted by Crippen LogP contribution is 2.50. The van der Waals surface area contributed by atoms with E-state index in [1.807, 2.05) is 12.1 Å². The van der Waals surface area contributed by atoms with Gasteiger partial charge < -0.3 is 13.8 Å². The number of carbonyl (C=O) groups excluding carboxylic acids is 1. The van der Waals surface area contributed by atoms with Crippen LogP contribution in [0.25, 0.3) is 0 Å². The number of para-hydroxylation sites is 1. The molecular formula is C21H25N2O7P. The van der Waals surface area contributed by atoms with Crippen molar-refractivity contribution in [2.45, 2.75) is 51.7 Å². The first-order valence-electron chi connectivity index (χ1n) is 9.98. The zero-order valence-corrected chi connectivity index (χ0v) is 18.4. The molecule has 0 bridgehead atoms. The number of hydrogen-bond donors (Lipinski definition) is 1. The molecule has 0 saturated heterocycles. The maximum absolute atomic E-state index is 13.7. The number of nitrogens with zero attached hydrogens (tertiary/aromatic N) is 1. The lowest BCUT2D eigenvalue weighted by molar-refractivity contribution is -0.384. The lowest BCUT2D eigenvalue weighted by Gasteiger charge is -2.24. The van der Waals surface area contributed by atoms with E-state index in [9.17, 15) is 19.5 Å². The van der Waals surface area contributed by atoms with Crippen molar-refractivity contribution in [3.05, 3.63) is 64.2 Å². The summed E-state index contributed by atoms with van der Waals surface area (Å²) >= 11 is 0. The van der Waals surface area contributed by atoms with E-state index in [-0.39, 0.29) is 17.5 Å². The molecule has 1 saturated carbocycles. The summed E-state index contributed by atoms with van der Waals surface area (Å²) in [6.45, 7) is 4.91. The van der Waals surface area contributed by atoms with Gasteiger partial charge in [-0.05, 0) is 63.3 Å². The third-order valence-corrected chi connectivity index (χ3v) is 6.08. The standard InChI is InChI=1S/C21H25N2O7P/c1-14(2)28-21(24)15(3)22-31(27,29-18-12-10-17(11-13-18)23(25)26)30-20-7-5-4-6-19(20)16-8-9-16/h4-7,10-16H,8-9H2,1-3H3,(H,22,27)/t15-,31?/m0/s1. The second kappa shape index (κ2) is 9.49. The number of rotatable bonds is 10. The second-order valence-electron chi connectivity index (χ2n) is 7.58. The normalized spacial score (nSPS) is 16.3. The van der Waals surface area contributed by atoms with Crippen LogP contribution in [-0.2, 0) is 14.1 Å². The Morgan fingerprint density at radius 2 is 1.74 bits per heavy atom. The Morgan fingerprint density at radius 3 is 2.32 bits per heavy atom. The Balaban J connectivity index is 1.86. The molecular weight excluding hydrogens is 423 g/mol. The van der Waals surface area contributed by atoms with Crippen LogP contribution in [-0.4, -0.2) is 23.0 Å². The molecule has 1 unspecified atom stereocenters. The number of benzene rings is 2. The Hall–Kier alpha value is -2.90. The minimum Gasteiger partial charge on any atom is -0.462 e. The molecule has 2 atom stereocenters. The smallest absolute Gasteiger partial charge is 0.462 e. The van der Waals surface area contributed by atoms with E-state index in [1.54, 1.807) is 26.0 Å². The Bertz CT molecular complexity index is 989. The van der Waals surface area contributed by atoms with E-state index in [2.05, 4.69) is 5.09 Å². The predicted molar refractivity (Wildman–Crippen MR) is 114 cm³/mol. The Morgan fingerprint density at radius 1 is 1.10 bits per heavy atom. The number of non-ortho nitro benzene ring substituents is 1. The zero-order chi connectivity index (χ0) is 22.6. The molecule has 1 N–H and O–H groups in total. The molecule has 0 radical (unpaired) electrons. The fourth-order valence-corrected chi connectivity index (χ4v) is 4.43. The van der Waals surface area contributed by atoms with Gasteiger partial charge in [0.15, 0.2) is 0 Å². The van der Waals surface area contributed by atoms with Gasteiger partial charge in [0.05, 0.1) is 11.0 Å². The van der Waals surface area contributed by atoms with Crippen LogP contribution in [0.1, 0.15) is 45.1 Å². The Kier molecular flexibility index (Phi) is 6.97. The van der Waals surface area contributed by atoms with Crippen molar-refractivity contribution < 1.29 is 28.1 Å². The van der Waals surface area contributed by atoms with E-state index in [1.165, 1.54) is 31.2 Å². The summed E-state index contributed by atoms with van der Waals surface area (Å²) in [7, 11) is -4.11. The van der Waals surface area contributed by atoms with Crippen molar-refractivity contribution in [2.24, 2.45) is 0 Å². The average molecular weight is 448 g/mol. The van der Waals surface area contributed by atoms with Crippen LogP contribution in [0.5, 0.6) is 11.5 Å². The molecule has 9 nitrogen and oxygen atoms in total. The minimum absolute atomic E-state index is 0.0924. The first kappa shape index (κ1) is 22.8. The lowest BCUT2D eigenvalue weighted by Crippen LogP contribution is -2.36. The zero-order valence-electron chi connectivity index (χ0n) is 17.5. The van der Waals surface area contributed by atoms with E-state index in [4.69, 9.17) is 13.8 Å². The first-order valence-corrected chi connectivity index (χ1v) is 11.5. The van der Waals surface area contributed by atoms with Crippen LogP contribution in [0.4, 0.5) is 5.69 Å². The van der Waals surface area contributed by atoms with E-state index in [0.29, 0.717) is 11.7 Å². The number of nitrogens with one attached hydrogen (secondary N) is 1. The molecule has 1 fully saturated rings. The van der Waals surface area contributed by atoms with Gasteiger partial charge in [-0.15, -0.1) is 0 Å². The summed E-state index contributed by atoms with van der Waals surface area (Å²) in [5.74, 6) is 0.205. The molecule has 0 amide bonds. The lowest BCUT2D eigenvalue weighted by atomic mass is 10.1. The molecule has 2 aromatic rings. The largest absolute Gasteiger partial charge is 0.513 e. The first-order chi connectivity index (χ1) is 14.7. The molecule has 2 aromatic carbocycles. The van der Waals surface area contributed by atoms with Crippen molar-refractivity contribution in [2.75, 3.05) is 0 Å². The molecule has 31 heavy (non-hydrogen) atoms. The second-order valence-corrected chi connectivity index (χ2v) is 9.20. The number of nitro benzene ring substituents is 1. The maximum Gasteiger partial charge on any atom is 0.513 e. The van der Waals surface area contributed by atoms with E-state index in [0.717, 1.165) is 18.4 Å². The number of esters is 1. The highest BCUT2D eigenvalue weighted by Gasteiger charge is 2.36. The molecule has 166 valence electrons. The van der Waals surface area contributed by atoms with Gasteiger partial charge in [0.2, 0.25) is 0 Å². The predicted octanol–water partition coefficient (Wildman–Crippen LogP) is 4.97. The third kappa shape index (κ3) is 6.29. The molecule has 3 rings (SSSR count). The van der Waals surface area contributed by atoms with Crippen molar-refractivity contribution in [1.82, 2.24) is 5.09 Å². The third-order valence-electron chi connectivity index (χ3n) is 4.49. The van der Waals surface area contributed by atoms with Crippen molar-refractivity contribution in [3.63, 3.8) is 0 Å². The highest BCUT2D eigenvalue weighted by atomic mass is 31.2. The summed E-state index contributed by atoms with van der Waals surface area (Å²) < 4.78 is 30.3. The quantitative estimate of drug-likeness (QED) is 0.234. The summed E-state index contributed by atoms with van der Waals surface area (Å²) in [5, 5.41) is 13.5. The molecule has 0 heterocycles. The van der Waals surface area contributed by atoms with Crippen LogP contribution in [0, 0.1) is 10.1 Å². The van der Waals surface area contributed by atoms with Crippen LogP contribution in [0.3, 0.4) is 0 Å². The monoisotopic (exact) mass is 448 g/mol. The molecule has 0 spiro atoms.